The van der Waals surface area contributed by atoms with Crippen LogP contribution >= 0.6 is 0 Å². The minimum Gasteiger partial charge on any atom is -0.481 e. The Bertz CT molecular complexity index is 530. The number of hydrogen-bond acceptors (Lipinski definition) is 1. The number of rotatable bonds is 1. The SMILES string of the molecule is C[C@]12CCCC=C1CC(C(=O)O)[C@@H]1C2=CC[C@@H]2CCC[C@H]21. The lowest BCUT2D eigenvalue weighted by Crippen LogP contribution is -2.46. The molecule has 21 heavy (non-hydrogen) atoms. The number of allylic oxidation sites excluding steroid dienone is 4. The molecule has 2 saturated carbocycles. The van der Waals surface area contributed by atoms with Crippen molar-refractivity contribution < 1.29 is 9.90 Å². The second-order valence-corrected chi connectivity index (χ2v) is 7.88. The lowest BCUT2D eigenvalue weighted by Gasteiger charge is -2.52. The van der Waals surface area contributed by atoms with Crippen LogP contribution in [0.4, 0.5) is 0 Å². The number of fused-ring (bicyclic) bond motifs is 5. The Morgan fingerprint density at radius 3 is 2.95 bits per heavy atom. The van der Waals surface area contributed by atoms with Gasteiger partial charge in [-0.1, -0.05) is 36.6 Å². The van der Waals surface area contributed by atoms with E-state index in [0.29, 0.717) is 11.8 Å². The topological polar surface area (TPSA) is 37.3 Å². The summed E-state index contributed by atoms with van der Waals surface area (Å²) in [6.07, 6.45) is 14.3. The molecule has 4 aliphatic carbocycles. The van der Waals surface area contributed by atoms with Crippen LogP contribution in [0.2, 0.25) is 0 Å². The molecule has 0 aliphatic heterocycles. The first-order chi connectivity index (χ1) is 10.1. The molecular formula is C19H26O2. The number of aliphatic carboxylic acids is 1. The Morgan fingerprint density at radius 1 is 1.29 bits per heavy atom. The average Bonchev–Trinajstić information content (AvgIpc) is 2.94. The van der Waals surface area contributed by atoms with Gasteiger partial charge in [-0.05, 0) is 62.7 Å². The largest absolute Gasteiger partial charge is 0.481 e. The summed E-state index contributed by atoms with van der Waals surface area (Å²) in [5, 5.41) is 9.82. The third kappa shape index (κ3) is 1.87. The predicted molar refractivity (Wildman–Crippen MR) is 82.8 cm³/mol. The van der Waals surface area contributed by atoms with Gasteiger partial charge in [0, 0.05) is 5.41 Å². The fourth-order valence-corrected chi connectivity index (χ4v) is 5.95. The van der Waals surface area contributed by atoms with Crippen molar-refractivity contribution >= 4 is 5.97 Å². The third-order valence-electron chi connectivity index (χ3n) is 6.99. The minimum absolute atomic E-state index is 0.167. The molecule has 0 radical (unpaired) electrons. The first kappa shape index (κ1) is 13.6. The van der Waals surface area contributed by atoms with E-state index < -0.39 is 5.97 Å². The highest BCUT2D eigenvalue weighted by Crippen LogP contribution is 2.61. The van der Waals surface area contributed by atoms with Gasteiger partial charge in [-0.25, -0.2) is 0 Å². The maximum Gasteiger partial charge on any atom is 0.307 e. The zero-order chi connectivity index (χ0) is 14.6. The number of carboxylic acids is 1. The van der Waals surface area contributed by atoms with E-state index >= 15 is 0 Å². The Labute approximate surface area is 127 Å². The van der Waals surface area contributed by atoms with Gasteiger partial charge in [0.15, 0.2) is 0 Å². The van der Waals surface area contributed by atoms with E-state index in [2.05, 4.69) is 19.1 Å². The fourth-order valence-electron chi connectivity index (χ4n) is 5.95. The Kier molecular flexibility index (Phi) is 3.06. The second kappa shape index (κ2) is 4.72. The zero-order valence-corrected chi connectivity index (χ0v) is 13.0. The van der Waals surface area contributed by atoms with Crippen LogP contribution in [0.1, 0.15) is 58.3 Å². The van der Waals surface area contributed by atoms with Crippen LogP contribution in [-0.4, -0.2) is 11.1 Å². The van der Waals surface area contributed by atoms with Crippen LogP contribution in [0.3, 0.4) is 0 Å². The molecule has 4 rings (SSSR count). The van der Waals surface area contributed by atoms with Crippen molar-refractivity contribution in [3.8, 4) is 0 Å². The summed E-state index contributed by atoms with van der Waals surface area (Å²) < 4.78 is 0. The molecule has 1 N–H and O–H groups in total. The van der Waals surface area contributed by atoms with Crippen molar-refractivity contribution in [3.05, 3.63) is 23.3 Å². The number of carboxylic acid groups (broad SMARTS) is 1. The highest BCUT2D eigenvalue weighted by molar-refractivity contribution is 5.73. The predicted octanol–water partition coefficient (Wildman–Crippen LogP) is 4.57. The Balaban J connectivity index is 1.81. The van der Waals surface area contributed by atoms with Gasteiger partial charge in [0.1, 0.15) is 0 Å². The molecule has 5 atom stereocenters. The van der Waals surface area contributed by atoms with Crippen LogP contribution in [0.15, 0.2) is 23.3 Å². The van der Waals surface area contributed by atoms with Gasteiger partial charge in [-0.2, -0.15) is 0 Å². The average molecular weight is 286 g/mol. The molecular weight excluding hydrogens is 260 g/mol. The highest BCUT2D eigenvalue weighted by atomic mass is 16.4. The molecule has 2 heteroatoms. The van der Waals surface area contributed by atoms with Gasteiger partial charge in [0.25, 0.3) is 0 Å². The van der Waals surface area contributed by atoms with Gasteiger partial charge in [-0.3, -0.25) is 4.79 Å². The highest BCUT2D eigenvalue weighted by Gasteiger charge is 2.53. The molecule has 0 heterocycles. The van der Waals surface area contributed by atoms with Gasteiger partial charge < -0.3 is 5.11 Å². The van der Waals surface area contributed by atoms with E-state index in [0.717, 1.165) is 18.8 Å². The second-order valence-electron chi connectivity index (χ2n) is 7.88. The summed E-state index contributed by atoms with van der Waals surface area (Å²) in [4.78, 5) is 11.9. The van der Waals surface area contributed by atoms with Crippen LogP contribution in [0.5, 0.6) is 0 Å². The van der Waals surface area contributed by atoms with Crippen LogP contribution in [0.25, 0.3) is 0 Å². The summed E-state index contributed by atoms with van der Waals surface area (Å²) in [5.74, 6) is 1.00. The molecule has 0 aromatic heterocycles. The van der Waals surface area contributed by atoms with Crippen LogP contribution in [0, 0.1) is 29.1 Å². The maximum absolute atomic E-state index is 11.9. The molecule has 2 fully saturated rings. The molecule has 0 amide bonds. The number of hydrogen-bond donors (Lipinski definition) is 1. The molecule has 2 nitrogen and oxygen atoms in total. The lowest BCUT2D eigenvalue weighted by molar-refractivity contribution is -0.145. The molecule has 114 valence electrons. The number of carbonyl (C=O) groups is 1. The fraction of sp³-hybridized carbons (Fsp3) is 0.737. The first-order valence-corrected chi connectivity index (χ1v) is 8.74. The van der Waals surface area contributed by atoms with Gasteiger partial charge in [-0.15, -0.1) is 0 Å². The van der Waals surface area contributed by atoms with Crippen molar-refractivity contribution in [1.82, 2.24) is 0 Å². The van der Waals surface area contributed by atoms with E-state index in [4.69, 9.17) is 0 Å². The van der Waals surface area contributed by atoms with Gasteiger partial charge in [0.05, 0.1) is 5.92 Å². The normalized spacial score (nSPS) is 45.0. The summed E-state index contributed by atoms with van der Waals surface area (Å²) in [5.41, 5.74) is 3.12. The van der Waals surface area contributed by atoms with Crippen molar-refractivity contribution in [1.29, 1.82) is 0 Å². The molecule has 0 saturated heterocycles. The van der Waals surface area contributed by atoms with Crippen LogP contribution in [-0.2, 0) is 4.79 Å². The van der Waals surface area contributed by atoms with Gasteiger partial charge in [0.2, 0.25) is 0 Å². The van der Waals surface area contributed by atoms with E-state index in [1.54, 1.807) is 0 Å². The van der Waals surface area contributed by atoms with Crippen LogP contribution < -0.4 is 0 Å². The third-order valence-corrected chi connectivity index (χ3v) is 6.99. The van der Waals surface area contributed by atoms with Gasteiger partial charge >= 0.3 is 5.97 Å². The maximum atomic E-state index is 11.9. The standard InChI is InChI=1S/C19H26O2/c1-19-10-3-2-6-13(19)11-15(18(20)21)17-14-7-4-5-12(14)8-9-16(17)19/h6,9,12,14-15,17H,2-5,7-8,10-11H2,1H3,(H,20,21)/t12-,14+,15?,17+,19-/m0/s1. The van der Waals surface area contributed by atoms with E-state index in [1.807, 2.05) is 0 Å². The molecule has 0 bridgehead atoms. The molecule has 0 aromatic rings. The van der Waals surface area contributed by atoms with Crippen molar-refractivity contribution in [2.45, 2.75) is 58.3 Å². The Morgan fingerprint density at radius 2 is 2.14 bits per heavy atom. The van der Waals surface area contributed by atoms with Crippen molar-refractivity contribution in [2.75, 3.05) is 0 Å². The molecule has 0 aromatic carbocycles. The smallest absolute Gasteiger partial charge is 0.307 e. The quantitative estimate of drug-likeness (QED) is 0.717. The van der Waals surface area contributed by atoms with E-state index in [9.17, 15) is 9.90 Å². The lowest BCUT2D eigenvalue weighted by atomic mass is 9.51. The van der Waals surface area contributed by atoms with E-state index in [-0.39, 0.29) is 11.3 Å². The molecule has 1 unspecified atom stereocenters. The zero-order valence-electron chi connectivity index (χ0n) is 13.0. The molecule has 4 aliphatic rings. The molecule has 0 spiro atoms. The summed E-state index contributed by atoms with van der Waals surface area (Å²) >= 11 is 0. The summed E-state index contributed by atoms with van der Waals surface area (Å²) in [6, 6.07) is 0. The monoisotopic (exact) mass is 286 g/mol. The minimum atomic E-state index is -0.563. The Hall–Kier alpha value is -1.05. The van der Waals surface area contributed by atoms with Crippen molar-refractivity contribution in [3.63, 3.8) is 0 Å². The van der Waals surface area contributed by atoms with Crippen molar-refractivity contribution in [2.24, 2.45) is 29.1 Å². The summed E-state index contributed by atoms with van der Waals surface area (Å²) in [6.45, 7) is 2.39. The summed E-state index contributed by atoms with van der Waals surface area (Å²) in [7, 11) is 0. The first-order valence-electron chi connectivity index (χ1n) is 8.74. The van der Waals surface area contributed by atoms with E-state index in [1.165, 1.54) is 49.7 Å².